The molecule has 1 spiro atoms. The lowest BCUT2D eigenvalue weighted by Gasteiger charge is -2.57. The van der Waals surface area contributed by atoms with Gasteiger partial charge in [0.15, 0.2) is 17.1 Å². The van der Waals surface area contributed by atoms with E-state index in [2.05, 4.69) is 66.6 Å². The molecule has 2 aromatic rings. The summed E-state index contributed by atoms with van der Waals surface area (Å²) in [5.74, 6) is 2.63. The lowest BCUT2D eigenvalue weighted by atomic mass is 9.51. The maximum absolute atomic E-state index is 7.05. The molecule has 2 aliphatic carbocycles. The van der Waals surface area contributed by atoms with Crippen LogP contribution in [0.2, 0.25) is 0 Å². The first kappa shape index (κ1) is 18.1. The molecule has 4 heteroatoms. The molecule has 6 rings (SSSR count). The van der Waals surface area contributed by atoms with Crippen molar-refractivity contribution in [2.75, 3.05) is 27.8 Å². The molecular formula is C26H27NO3. The van der Waals surface area contributed by atoms with Crippen molar-refractivity contribution in [2.24, 2.45) is 0 Å². The molecule has 3 atom stereocenters. The second kappa shape index (κ2) is 6.14. The van der Waals surface area contributed by atoms with E-state index in [0.717, 1.165) is 43.1 Å². The number of benzene rings is 2. The number of rotatable bonds is 4. The largest absolute Gasteiger partial charge is 0.497 e. The molecule has 2 aliphatic heterocycles. The molecule has 4 nitrogen and oxygen atoms in total. The van der Waals surface area contributed by atoms with Gasteiger partial charge in [-0.1, -0.05) is 42.5 Å². The van der Waals surface area contributed by atoms with Gasteiger partial charge in [0.25, 0.3) is 0 Å². The van der Waals surface area contributed by atoms with E-state index < -0.39 is 5.60 Å². The summed E-state index contributed by atoms with van der Waals surface area (Å²) in [5.41, 5.74) is 4.61. The molecule has 0 amide bonds. The number of piperidine rings is 1. The third-order valence-electron chi connectivity index (χ3n) is 7.78. The van der Waals surface area contributed by atoms with Gasteiger partial charge in [0.05, 0.1) is 19.6 Å². The molecule has 0 radical (unpaired) electrons. The molecule has 0 unspecified atom stereocenters. The molecule has 1 saturated heterocycles. The van der Waals surface area contributed by atoms with Gasteiger partial charge >= 0.3 is 0 Å². The van der Waals surface area contributed by atoms with Crippen molar-refractivity contribution in [3.8, 4) is 11.5 Å². The number of nitrogens with zero attached hydrogens (tertiary/aromatic N) is 1. The molecule has 154 valence electrons. The van der Waals surface area contributed by atoms with Crippen LogP contribution in [0.5, 0.6) is 11.5 Å². The Hall–Kier alpha value is -2.72. The Morgan fingerprint density at radius 3 is 2.67 bits per heavy atom. The van der Waals surface area contributed by atoms with E-state index >= 15 is 0 Å². The topological polar surface area (TPSA) is 30.9 Å². The van der Waals surface area contributed by atoms with Crippen molar-refractivity contribution in [1.82, 2.24) is 4.90 Å². The first-order chi connectivity index (χ1) is 14.6. The maximum atomic E-state index is 7.05. The van der Waals surface area contributed by atoms with E-state index in [1.165, 1.54) is 22.3 Å². The highest BCUT2D eigenvalue weighted by molar-refractivity contribution is 5.70. The predicted octanol–water partition coefficient (Wildman–Crippen LogP) is 4.04. The van der Waals surface area contributed by atoms with Crippen molar-refractivity contribution in [3.05, 3.63) is 82.6 Å². The molecule has 0 aromatic heterocycles. The lowest BCUT2D eigenvalue weighted by molar-refractivity contribution is -0.0134. The summed E-state index contributed by atoms with van der Waals surface area (Å²) in [6.45, 7) is 1.04. The van der Waals surface area contributed by atoms with E-state index in [0.29, 0.717) is 6.04 Å². The van der Waals surface area contributed by atoms with Gasteiger partial charge in [0.1, 0.15) is 5.76 Å². The lowest BCUT2D eigenvalue weighted by Crippen LogP contribution is -2.65. The number of hydrogen-bond donors (Lipinski definition) is 0. The van der Waals surface area contributed by atoms with Gasteiger partial charge in [0, 0.05) is 18.0 Å². The second-order valence-corrected chi connectivity index (χ2v) is 8.94. The number of methoxy groups -OCH3 is 2. The second-order valence-electron chi connectivity index (χ2n) is 8.94. The average molecular weight is 402 g/mol. The zero-order valence-electron chi connectivity index (χ0n) is 17.8. The van der Waals surface area contributed by atoms with E-state index in [9.17, 15) is 0 Å². The van der Waals surface area contributed by atoms with Gasteiger partial charge < -0.3 is 14.2 Å². The Kier molecular flexibility index (Phi) is 3.70. The van der Waals surface area contributed by atoms with Gasteiger partial charge in [-0.25, -0.2) is 0 Å². The molecular weight excluding hydrogens is 374 g/mol. The van der Waals surface area contributed by atoms with Crippen molar-refractivity contribution in [2.45, 2.75) is 36.3 Å². The minimum Gasteiger partial charge on any atom is -0.497 e. The normalized spacial score (nSPS) is 30.7. The van der Waals surface area contributed by atoms with Gasteiger partial charge in [-0.05, 0) is 55.3 Å². The summed E-state index contributed by atoms with van der Waals surface area (Å²) >= 11 is 0. The Bertz CT molecular complexity index is 1090. The zero-order chi connectivity index (χ0) is 20.5. The fourth-order valence-corrected chi connectivity index (χ4v) is 6.52. The standard InChI is InChI=1S/C26H27NO3/c1-27-14-13-25-19-10-12-22(29-3)26(25,16-17-7-5-4-6-8-17)30-24-21(28-2)11-9-18(23(24)25)15-20(19)27/h4-12,20H,13-16H2,1-3H3/t20-,25+,26+/m1/s1. The minimum atomic E-state index is -0.598. The van der Waals surface area contributed by atoms with Crippen LogP contribution >= 0.6 is 0 Å². The Labute approximate surface area is 177 Å². The van der Waals surface area contributed by atoms with Crippen LogP contribution in [0.25, 0.3) is 0 Å². The molecule has 4 aliphatic rings. The number of hydrogen-bond acceptors (Lipinski definition) is 4. The van der Waals surface area contributed by atoms with Crippen LogP contribution in [0, 0.1) is 0 Å². The average Bonchev–Trinajstić information content (AvgIpc) is 3.06. The monoisotopic (exact) mass is 401 g/mol. The molecule has 1 fully saturated rings. The van der Waals surface area contributed by atoms with Crippen molar-refractivity contribution in [3.63, 3.8) is 0 Å². The summed E-state index contributed by atoms with van der Waals surface area (Å²) in [6.07, 6.45) is 7.23. The fourth-order valence-electron chi connectivity index (χ4n) is 6.52. The summed E-state index contributed by atoms with van der Waals surface area (Å²) in [5, 5.41) is 0. The summed E-state index contributed by atoms with van der Waals surface area (Å²) < 4.78 is 18.9. The molecule has 0 N–H and O–H groups in total. The number of allylic oxidation sites excluding steroid dienone is 2. The van der Waals surface area contributed by atoms with Crippen LogP contribution < -0.4 is 9.47 Å². The minimum absolute atomic E-state index is 0.225. The van der Waals surface area contributed by atoms with E-state index in [1.54, 1.807) is 14.2 Å². The Morgan fingerprint density at radius 2 is 1.90 bits per heavy atom. The quantitative estimate of drug-likeness (QED) is 0.774. The molecule has 2 bridgehead atoms. The third kappa shape index (κ3) is 2.00. The van der Waals surface area contributed by atoms with E-state index in [4.69, 9.17) is 14.2 Å². The van der Waals surface area contributed by atoms with E-state index in [-0.39, 0.29) is 5.41 Å². The summed E-state index contributed by atoms with van der Waals surface area (Å²) in [4.78, 5) is 2.50. The smallest absolute Gasteiger partial charge is 0.183 e. The Balaban J connectivity index is 1.67. The Morgan fingerprint density at radius 1 is 1.07 bits per heavy atom. The highest BCUT2D eigenvalue weighted by atomic mass is 16.6. The predicted molar refractivity (Wildman–Crippen MR) is 116 cm³/mol. The third-order valence-corrected chi connectivity index (χ3v) is 7.78. The SMILES string of the molecule is COC1=CC=C2[C@H]3Cc4ccc(OC)c5c4[C@@]2(CCN3C)[C@@]1(Cc1ccccc1)O5. The number of likely N-dealkylation sites (tertiary alicyclic amines) is 1. The molecule has 0 saturated carbocycles. The molecule has 30 heavy (non-hydrogen) atoms. The van der Waals surface area contributed by atoms with Crippen molar-refractivity contribution >= 4 is 0 Å². The first-order valence-electron chi connectivity index (χ1n) is 10.7. The van der Waals surface area contributed by atoms with Crippen LogP contribution in [0.4, 0.5) is 0 Å². The van der Waals surface area contributed by atoms with Crippen LogP contribution in [0.15, 0.2) is 65.9 Å². The van der Waals surface area contributed by atoms with Gasteiger partial charge in [0.2, 0.25) is 0 Å². The van der Waals surface area contributed by atoms with Crippen LogP contribution in [-0.2, 0) is 23.0 Å². The van der Waals surface area contributed by atoms with Crippen molar-refractivity contribution in [1.29, 1.82) is 0 Å². The first-order valence-corrected chi connectivity index (χ1v) is 10.7. The highest BCUT2D eigenvalue weighted by Gasteiger charge is 2.70. The van der Waals surface area contributed by atoms with Gasteiger partial charge in [-0.15, -0.1) is 0 Å². The van der Waals surface area contributed by atoms with Crippen LogP contribution in [-0.4, -0.2) is 44.4 Å². The number of likely N-dealkylation sites (N-methyl/N-ethyl adjacent to an activating group) is 1. The zero-order valence-corrected chi connectivity index (χ0v) is 17.8. The molecule has 2 aromatic carbocycles. The highest BCUT2D eigenvalue weighted by Crippen LogP contribution is 2.67. The van der Waals surface area contributed by atoms with Crippen LogP contribution in [0.1, 0.15) is 23.1 Å². The van der Waals surface area contributed by atoms with Crippen molar-refractivity contribution < 1.29 is 14.2 Å². The van der Waals surface area contributed by atoms with Gasteiger partial charge in [-0.3, -0.25) is 4.90 Å². The van der Waals surface area contributed by atoms with E-state index in [1.807, 2.05) is 0 Å². The maximum Gasteiger partial charge on any atom is 0.183 e. The summed E-state index contributed by atoms with van der Waals surface area (Å²) in [6, 6.07) is 15.4. The fraction of sp³-hybridized carbons (Fsp3) is 0.385. The van der Waals surface area contributed by atoms with Crippen LogP contribution in [0.3, 0.4) is 0 Å². The molecule has 2 heterocycles. The van der Waals surface area contributed by atoms with Gasteiger partial charge in [-0.2, -0.15) is 0 Å². The number of ether oxygens (including phenoxy) is 3. The summed E-state index contributed by atoms with van der Waals surface area (Å²) in [7, 11) is 5.75.